The Labute approximate surface area is 108 Å². The van der Waals surface area contributed by atoms with E-state index in [0.717, 1.165) is 18.1 Å². The number of nitrogens with one attached hydrogen (secondary N) is 1. The van der Waals surface area contributed by atoms with E-state index in [1.165, 1.54) is 11.1 Å². The monoisotopic (exact) mass is 241 g/mol. The van der Waals surface area contributed by atoms with Crippen molar-refractivity contribution in [2.45, 2.75) is 13.5 Å². The van der Waals surface area contributed by atoms with E-state index in [1.807, 2.05) is 26.4 Å². The zero-order valence-electron chi connectivity index (χ0n) is 11.1. The number of nitrogens with zero attached hydrogens (tertiary/aromatic N) is 2. The lowest BCUT2D eigenvalue weighted by atomic mass is 10.2. The van der Waals surface area contributed by atoms with E-state index in [2.05, 4.69) is 52.5 Å². The molecule has 2 aromatic rings. The van der Waals surface area contributed by atoms with Crippen LogP contribution in [0.3, 0.4) is 0 Å². The third-order valence-corrected chi connectivity index (χ3v) is 2.92. The maximum Gasteiger partial charge on any atom is 0.132 e. The molecule has 0 aliphatic rings. The second kappa shape index (κ2) is 5.65. The minimum Gasteiger partial charge on any atom is -0.329 e. The molecule has 18 heavy (non-hydrogen) atoms. The molecule has 1 aromatic carbocycles. The molecular weight excluding hydrogens is 222 g/mol. The van der Waals surface area contributed by atoms with Gasteiger partial charge in [0.15, 0.2) is 0 Å². The molecule has 0 spiro atoms. The number of aryl methyl sites for hydroxylation is 1. The van der Waals surface area contributed by atoms with E-state index in [-0.39, 0.29) is 0 Å². The standard InChI is InChI=1S/C15H19N3/c1-12-5-4-6-14(9-12)18(3)15-10-13(11-16-2)7-8-17-15/h4-10,16H,11H2,1-3H3. The summed E-state index contributed by atoms with van der Waals surface area (Å²) in [6.07, 6.45) is 1.86. The summed E-state index contributed by atoms with van der Waals surface area (Å²) in [5, 5.41) is 3.15. The van der Waals surface area contributed by atoms with E-state index in [1.54, 1.807) is 0 Å². The van der Waals surface area contributed by atoms with Gasteiger partial charge in [0, 0.05) is 25.5 Å². The van der Waals surface area contributed by atoms with E-state index in [4.69, 9.17) is 0 Å². The van der Waals surface area contributed by atoms with Crippen molar-refractivity contribution in [1.82, 2.24) is 10.3 Å². The van der Waals surface area contributed by atoms with Gasteiger partial charge in [-0.1, -0.05) is 12.1 Å². The van der Waals surface area contributed by atoms with Gasteiger partial charge in [0.1, 0.15) is 5.82 Å². The molecule has 94 valence electrons. The summed E-state index contributed by atoms with van der Waals surface area (Å²) in [4.78, 5) is 6.53. The van der Waals surface area contributed by atoms with Crippen molar-refractivity contribution in [2.24, 2.45) is 0 Å². The van der Waals surface area contributed by atoms with Crippen LogP contribution in [0.15, 0.2) is 42.6 Å². The topological polar surface area (TPSA) is 28.2 Å². The second-order valence-corrected chi connectivity index (χ2v) is 4.45. The van der Waals surface area contributed by atoms with Crippen LogP contribution in [0, 0.1) is 6.92 Å². The predicted octanol–water partition coefficient (Wildman–Crippen LogP) is 2.88. The summed E-state index contributed by atoms with van der Waals surface area (Å²) in [7, 11) is 3.99. The van der Waals surface area contributed by atoms with Gasteiger partial charge in [0.05, 0.1) is 0 Å². The van der Waals surface area contributed by atoms with Crippen molar-refractivity contribution in [3.63, 3.8) is 0 Å². The van der Waals surface area contributed by atoms with Crippen LogP contribution in [0.2, 0.25) is 0 Å². The zero-order valence-corrected chi connectivity index (χ0v) is 11.1. The van der Waals surface area contributed by atoms with Crippen molar-refractivity contribution in [1.29, 1.82) is 0 Å². The highest BCUT2D eigenvalue weighted by Crippen LogP contribution is 2.22. The third kappa shape index (κ3) is 2.87. The fourth-order valence-electron chi connectivity index (χ4n) is 1.93. The Morgan fingerprint density at radius 2 is 2.06 bits per heavy atom. The Morgan fingerprint density at radius 3 is 2.78 bits per heavy atom. The Morgan fingerprint density at radius 1 is 1.22 bits per heavy atom. The highest BCUT2D eigenvalue weighted by atomic mass is 15.2. The largest absolute Gasteiger partial charge is 0.329 e. The number of hydrogen-bond donors (Lipinski definition) is 1. The van der Waals surface area contributed by atoms with E-state index in [9.17, 15) is 0 Å². The first-order chi connectivity index (χ1) is 8.70. The van der Waals surface area contributed by atoms with Gasteiger partial charge in [0.25, 0.3) is 0 Å². The molecule has 0 aliphatic carbocycles. The molecule has 1 N–H and O–H groups in total. The average molecular weight is 241 g/mol. The van der Waals surface area contributed by atoms with Crippen molar-refractivity contribution in [3.8, 4) is 0 Å². The van der Waals surface area contributed by atoms with Gasteiger partial charge >= 0.3 is 0 Å². The molecule has 0 saturated heterocycles. The fourth-order valence-corrected chi connectivity index (χ4v) is 1.93. The van der Waals surface area contributed by atoms with E-state index in [0.29, 0.717) is 0 Å². The molecule has 1 aromatic heterocycles. The lowest BCUT2D eigenvalue weighted by Crippen LogP contribution is -2.12. The van der Waals surface area contributed by atoms with Crippen LogP contribution >= 0.6 is 0 Å². The highest BCUT2D eigenvalue weighted by molar-refractivity contribution is 5.60. The molecule has 0 aliphatic heterocycles. The molecule has 0 atom stereocenters. The Balaban J connectivity index is 2.27. The summed E-state index contributed by atoms with van der Waals surface area (Å²) in [6, 6.07) is 12.6. The van der Waals surface area contributed by atoms with Gasteiger partial charge < -0.3 is 10.2 Å². The van der Waals surface area contributed by atoms with Crippen LogP contribution in [0.1, 0.15) is 11.1 Å². The van der Waals surface area contributed by atoms with Gasteiger partial charge in [-0.15, -0.1) is 0 Å². The minimum absolute atomic E-state index is 0.858. The SMILES string of the molecule is CNCc1ccnc(N(C)c2cccc(C)c2)c1. The molecule has 3 nitrogen and oxygen atoms in total. The van der Waals surface area contributed by atoms with Crippen LogP contribution in [0.25, 0.3) is 0 Å². The molecule has 1 heterocycles. The number of benzene rings is 1. The molecule has 0 amide bonds. The maximum absolute atomic E-state index is 4.43. The molecule has 0 bridgehead atoms. The summed E-state index contributed by atoms with van der Waals surface area (Å²) in [5.41, 5.74) is 3.65. The first-order valence-electron chi connectivity index (χ1n) is 6.10. The fraction of sp³-hybridized carbons (Fsp3) is 0.267. The van der Waals surface area contributed by atoms with Crippen LogP contribution in [-0.2, 0) is 6.54 Å². The van der Waals surface area contributed by atoms with Gasteiger partial charge in [-0.25, -0.2) is 4.98 Å². The van der Waals surface area contributed by atoms with Gasteiger partial charge in [0.2, 0.25) is 0 Å². The number of anilines is 2. The highest BCUT2D eigenvalue weighted by Gasteiger charge is 2.05. The minimum atomic E-state index is 0.858. The zero-order chi connectivity index (χ0) is 13.0. The Kier molecular flexibility index (Phi) is 3.95. The molecule has 0 saturated carbocycles. The predicted molar refractivity (Wildman–Crippen MR) is 76.2 cm³/mol. The quantitative estimate of drug-likeness (QED) is 0.892. The number of rotatable bonds is 4. The second-order valence-electron chi connectivity index (χ2n) is 4.45. The maximum atomic E-state index is 4.43. The number of pyridine rings is 1. The van der Waals surface area contributed by atoms with Crippen molar-refractivity contribution in [3.05, 3.63) is 53.7 Å². The van der Waals surface area contributed by atoms with Crippen molar-refractivity contribution < 1.29 is 0 Å². The smallest absolute Gasteiger partial charge is 0.132 e. The van der Waals surface area contributed by atoms with Crippen LogP contribution in [0.4, 0.5) is 11.5 Å². The van der Waals surface area contributed by atoms with Gasteiger partial charge in [-0.2, -0.15) is 0 Å². The summed E-state index contributed by atoms with van der Waals surface area (Å²) < 4.78 is 0. The van der Waals surface area contributed by atoms with Crippen LogP contribution < -0.4 is 10.2 Å². The van der Waals surface area contributed by atoms with Crippen molar-refractivity contribution >= 4 is 11.5 Å². The normalized spacial score (nSPS) is 10.4. The summed E-state index contributed by atoms with van der Waals surface area (Å²) in [5.74, 6) is 0.966. The van der Waals surface area contributed by atoms with Crippen LogP contribution in [0.5, 0.6) is 0 Å². The third-order valence-electron chi connectivity index (χ3n) is 2.92. The first-order valence-corrected chi connectivity index (χ1v) is 6.10. The number of hydrogen-bond acceptors (Lipinski definition) is 3. The average Bonchev–Trinajstić information content (AvgIpc) is 2.39. The molecule has 0 radical (unpaired) electrons. The molecular formula is C15H19N3. The Hall–Kier alpha value is -1.87. The summed E-state index contributed by atoms with van der Waals surface area (Å²) in [6.45, 7) is 2.96. The first kappa shape index (κ1) is 12.6. The van der Waals surface area contributed by atoms with E-state index >= 15 is 0 Å². The van der Waals surface area contributed by atoms with Crippen molar-refractivity contribution in [2.75, 3.05) is 19.0 Å². The molecule has 0 fully saturated rings. The lowest BCUT2D eigenvalue weighted by molar-refractivity contribution is 0.815. The van der Waals surface area contributed by atoms with E-state index < -0.39 is 0 Å². The number of aromatic nitrogens is 1. The Bertz CT molecular complexity index is 523. The lowest BCUT2D eigenvalue weighted by Gasteiger charge is -2.19. The van der Waals surface area contributed by atoms with Crippen LogP contribution in [-0.4, -0.2) is 19.1 Å². The molecule has 0 unspecified atom stereocenters. The van der Waals surface area contributed by atoms with Gasteiger partial charge in [-0.3, -0.25) is 0 Å². The molecule has 2 rings (SSSR count). The summed E-state index contributed by atoms with van der Waals surface area (Å²) >= 11 is 0. The van der Waals surface area contributed by atoms with Gasteiger partial charge in [-0.05, 0) is 49.4 Å². The molecule has 3 heteroatoms.